The van der Waals surface area contributed by atoms with Crippen molar-refractivity contribution in [1.29, 1.82) is 0 Å². The number of benzene rings is 1. The van der Waals surface area contributed by atoms with Crippen LogP contribution in [-0.2, 0) is 11.3 Å². The molecule has 1 heterocycles. The number of anilines is 1. The van der Waals surface area contributed by atoms with E-state index in [1.54, 1.807) is 0 Å². The van der Waals surface area contributed by atoms with Crippen molar-refractivity contribution in [3.05, 3.63) is 52.5 Å². The highest BCUT2D eigenvalue weighted by atomic mass is 32.1. The molecule has 1 aliphatic rings. The third-order valence-corrected chi connectivity index (χ3v) is 5.65. The Balaban J connectivity index is 1.83. The van der Waals surface area contributed by atoms with Crippen molar-refractivity contribution in [1.82, 2.24) is 0 Å². The van der Waals surface area contributed by atoms with Crippen molar-refractivity contribution in [2.45, 2.75) is 38.4 Å². The highest BCUT2D eigenvalue weighted by molar-refractivity contribution is 7.09. The van der Waals surface area contributed by atoms with Crippen molar-refractivity contribution in [2.24, 2.45) is 11.8 Å². The van der Waals surface area contributed by atoms with E-state index in [1.165, 1.54) is 40.5 Å². The zero-order valence-electron chi connectivity index (χ0n) is 14.0. The van der Waals surface area contributed by atoms with Gasteiger partial charge in [-0.2, -0.15) is 13.2 Å². The molecule has 0 spiro atoms. The van der Waals surface area contributed by atoms with E-state index < -0.39 is 23.8 Å². The highest BCUT2D eigenvalue weighted by Gasteiger charge is 2.44. The molecule has 2 nitrogen and oxygen atoms in total. The number of thiophene rings is 1. The number of hydrogen-bond acceptors (Lipinski definition) is 2. The maximum absolute atomic E-state index is 13.2. The Kier molecular flexibility index (Phi) is 5.65. The summed E-state index contributed by atoms with van der Waals surface area (Å²) in [6.45, 7) is 0.273. The van der Waals surface area contributed by atoms with Gasteiger partial charge in [0.25, 0.3) is 0 Å². The molecule has 0 bridgehead atoms. The molecular formula is C19H19F4NOS. The Morgan fingerprint density at radius 3 is 2.50 bits per heavy atom. The van der Waals surface area contributed by atoms with Crippen LogP contribution in [0, 0.1) is 17.7 Å². The number of amides is 1. The molecule has 2 unspecified atom stereocenters. The molecule has 1 amide bonds. The monoisotopic (exact) mass is 385 g/mol. The Morgan fingerprint density at radius 2 is 1.88 bits per heavy atom. The second-order valence-electron chi connectivity index (χ2n) is 6.58. The number of carbonyl (C=O) groups is 1. The zero-order valence-corrected chi connectivity index (χ0v) is 14.8. The lowest BCUT2D eigenvalue weighted by Gasteiger charge is -2.33. The first-order valence-electron chi connectivity index (χ1n) is 8.50. The van der Waals surface area contributed by atoms with E-state index in [4.69, 9.17) is 0 Å². The molecule has 0 N–H and O–H groups in total. The molecule has 7 heteroatoms. The van der Waals surface area contributed by atoms with Crippen LogP contribution >= 0.6 is 11.3 Å². The summed E-state index contributed by atoms with van der Waals surface area (Å²) in [5.41, 5.74) is 0.499. The molecular weight excluding hydrogens is 366 g/mol. The summed E-state index contributed by atoms with van der Waals surface area (Å²) in [4.78, 5) is 15.5. The van der Waals surface area contributed by atoms with E-state index in [-0.39, 0.29) is 25.3 Å². The van der Waals surface area contributed by atoms with Gasteiger partial charge in [0.2, 0.25) is 5.91 Å². The number of carbonyl (C=O) groups excluding carboxylic acids is 1. The van der Waals surface area contributed by atoms with E-state index in [2.05, 4.69) is 0 Å². The average Bonchev–Trinajstić information content (AvgIpc) is 3.13. The van der Waals surface area contributed by atoms with E-state index in [0.29, 0.717) is 18.5 Å². The third-order valence-electron chi connectivity index (χ3n) is 4.78. The second kappa shape index (κ2) is 7.78. The molecule has 3 rings (SSSR count). The summed E-state index contributed by atoms with van der Waals surface area (Å²) in [6, 6.07) is 9.21. The molecule has 2 aromatic rings. The van der Waals surface area contributed by atoms with Gasteiger partial charge in [0.1, 0.15) is 5.82 Å². The maximum atomic E-state index is 13.2. The van der Waals surface area contributed by atoms with Crippen LogP contribution < -0.4 is 4.90 Å². The van der Waals surface area contributed by atoms with Crippen LogP contribution in [0.15, 0.2) is 41.8 Å². The first-order valence-corrected chi connectivity index (χ1v) is 9.38. The Bertz CT molecular complexity index is 727. The minimum atomic E-state index is -4.27. The Labute approximate surface area is 153 Å². The summed E-state index contributed by atoms with van der Waals surface area (Å²) in [5, 5.41) is 1.88. The van der Waals surface area contributed by atoms with E-state index in [9.17, 15) is 22.4 Å². The Morgan fingerprint density at radius 1 is 1.15 bits per heavy atom. The van der Waals surface area contributed by atoms with Gasteiger partial charge in [0, 0.05) is 16.5 Å². The van der Waals surface area contributed by atoms with Gasteiger partial charge in [-0.25, -0.2) is 4.39 Å². The normalized spacial score (nSPS) is 20.8. The SMILES string of the molecule is O=C(C1CCCC(C(F)(F)F)C1)N(Cc1cccs1)c1ccc(F)cc1. The molecule has 1 fully saturated rings. The van der Waals surface area contributed by atoms with Gasteiger partial charge in [-0.15, -0.1) is 11.3 Å². The molecule has 0 saturated heterocycles. The summed E-state index contributed by atoms with van der Waals surface area (Å²) in [6.07, 6.45) is -3.53. The second-order valence-corrected chi connectivity index (χ2v) is 7.61. The van der Waals surface area contributed by atoms with Crippen molar-refractivity contribution in [3.8, 4) is 0 Å². The summed E-state index contributed by atoms with van der Waals surface area (Å²) in [5.74, 6) is -2.84. The predicted molar refractivity (Wildman–Crippen MR) is 93.4 cm³/mol. The van der Waals surface area contributed by atoms with Gasteiger partial charge in [0.05, 0.1) is 12.5 Å². The molecule has 1 aromatic heterocycles. The molecule has 26 heavy (non-hydrogen) atoms. The smallest absolute Gasteiger partial charge is 0.307 e. The van der Waals surface area contributed by atoms with E-state index in [1.807, 2.05) is 17.5 Å². The van der Waals surface area contributed by atoms with Crippen LogP contribution in [0.3, 0.4) is 0 Å². The number of rotatable bonds is 4. The van der Waals surface area contributed by atoms with Gasteiger partial charge in [-0.05, 0) is 55.0 Å². The van der Waals surface area contributed by atoms with Gasteiger partial charge in [-0.3, -0.25) is 4.79 Å². The molecule has 1 aromatic carbocycles. The van der Waals surface area contributed by atoms with Crippen LogP contribution in [0.1, 0.15) is 30.6 Å². The van der Waals surface area contributed by atoms with Crippen LogP contribution in [0.25, 0.3) is 0 Å². The zero-order chi connectivity index (χ0) is 18.7. The fourth-order valence-corrected chi connectivity index (χ4v) is 4.10. The van der Waals surface area contributed by atoms with Gasteiger partial charge in [-0.1, -0.05) is 12.5 Å². The molecule has 1 saturated carbocycles. The molecule has 0 radical (unpaired) electrons. The van der Waals surface area contributed by atoms with Crippen LogP contribution in [0.4, 0.5) is 23.2 Å². The summed E-state index contributed by atoms with van der Waals surface area (Å²) < 4.78 is 52.5. The van der Waals surface area contributed by atoms with Crippen LogP contribution in [-0.4, -0.2) is 12.1 Å². The largest absolute Gasteiger partial charge is 0.391 e. The average molecular weight is 385 g/mol. The first kappa shape index (κ1) is 18.9. The standard InChI is InChI=1S/C19H19F4NOS/c20-15-6-8-16(9-7-15)24(12-17-5-2-10-26-17)18(25)13-3-1-4-14(11-13)19(21,22)23/h2,5-10,13-14H,1,3-4,11-12H2. The van der Waals surface area contributed by atoms with Gasteiger partial charge < -0.3 is 4.90 Å². The lowest BCUT2D eigenvalue weighted by atomic mass is 9.80. The van der Waals surface area contributed by atoms with Crippen molar-refractivity contribution in [3.63, 3.8) is 0 Å². The molecule has 2 atom stereocenters. The highest BCUT2D eigenvalue weighted by Crippen LogP contribution is 2.41. The first-order chi connectivity index (χ1) is 12.3. The van der Waals surface area contributed by atoms with Crippen LogP contribution in [0.5, 0.6) is 0 Å². The lowest BCUT2D eigenvalue weighted by Crippen LogP contribution is -2.40. The quantitative estimate of drug-likeness (QED) is 0.610. The minimum absolute atomic E-state index is 0.0781. The number of nitrogens with zero attached hydrogens (tertiary/aromatic N) is 1. The Hall–Kier alpha value is -1.89. The predicted octanol–water partition coefficient (Wildman–Crippen LogP) is 5.79. The lowest BCUT2D eigenvalue weighted by molar-refractivity contribution is -0.186. The third kappa shape index (κ3) is 4.44. The minimum Gasteiger partial charge on any atom is -0.307 e. The topological polar surface area (TPSA) is 20.3 Å². The van der Waals surface area contributed by atoms with E-state index in [0.717, 1.165) is 4.88 Å². The van der Waals surface area contributed by atoms with Crippen molar-refractivity contribution >= 4 is 22.9 Å². The molecule has 0 aliphatic heterocycles. The van der Waals surface area contributed by atoms with Crippen LogP contribution in [0.2, 0.25) is 0 Å². The number of halogens is 4. The number of hydrogen-bond donors (Lipinski definition) is 0. The molecule has 140 valence electrons. The summed E-state index contributed by atoms with van der Waals surface area (Å²) in [7, 11) is 0. The fraction of sp³-hybridized carbons (Fsp3) is 0.421. The van der Waals surface area contributed by atoms with E-state index >= 15 is 0 Å². The van der Waals surface area contributed by atoms with Gasteiger partial charge >= 0.3 is 6.18 Å². The maximum Gasteiger partial charge on any atom is 0.391 e. The number of alkyl halides is 3. The van der Waals surface area contributed by atoms with Crippen molar-refractivity contribution < 1.29 is 22.4 Å². The van der Waals surface area contributed by atoms with Gasteiger partial charge in [0.15, 0.2) is 0 Å². The van der Waals surface area contributed by atoms with Crippen molar-refractivity contribution in [2.75, 3.05) is 4.90 Å². The summed E-state index contributed by atoms with van der Waals surface area (Å²) >= 11 is 1.47. The fourth-order valence-electron chi connectivity index (χ4n) is 3.41. The molecule has 1 aliphatic carbocycles.